The standard InChI is InChI=1S/C23H23F3N2O4/c1-30-18-12-15(13-19(31-2)22(18)32-3)8-9-21(29)27-10-11-28-17-7-5-4-6-16(17)14-20(28)23(24,25)26/h4-9,12-14H,10-11H2,1-3H3,(H,27,29)/b9-8-. The van der Waals surface area contributed by atoms with E-state index in [0.717, 1.165) is 6.07 Å². The number of alkyl halides is 3. The lowest BCUT2D eigenvalue weighted by molar-refractivity contribution is -0.143. The smallest absolute Gasteiger partial charge is 0.431 e. The number of carbonyl (C=O) groups is 1. The van der Waals surface area contributed by atoms with Gasteiger partial charge in [-0.25, -0.2) is 0 Å². The summed E-state index contributed by atoms with van der Waals surface area (Å²) in [6.45, 7) is 0.00625. The average molecular weight is 448 g/mol. The topological polar surface area (TPSA) is 61.7 Å². The Morgan fingerprint density at radius 1 is 1.03 bits per heavy atom. The predicted molar refractivity (Wildman–Crippen MR) is 115 cm³/mol. The Morgan fingerprint density at radius 2 is 1.69 bits per heavy atom. The summed E-state index contributed by atoms with van der Waals surface area (Å²) in [6, 6.07) is 11.1. The third-order valence-corrected chi connectivity index (χ3v) is 4.85. The van der Waals surface area contributed by atoms with Crippen LogP contribution in [-0.4, -0.2) is 38.3 Å². The number of halogens is 3. The van der Waals surface area contributed by atoms with Gasteiger partial charge in [0.25, 0.3) is 0 Å². The number of aromatic nitrogens is 1. The van der Waals surface area contributed by atoms with Crippen molar-refractivity contribution < 1.29 is 32.2 Å². The summed E-state index contributed by atoms with van der Waals surface area (Å²) in [5, 5.41) is 3.11. The van der Waals surface area contributed by atoms with Gasteiger partial charge >= 0.3 is 6.18 Å². The Kier molecular flexibility index (Phi) is 6.97. The number of carbonyl (C=O) groups excluding carboxylic acids is 1. The van der Waals surface area contributed by atoms with Crippen molar-refractivity contribution in [1.29, 1.82) is 0 Å². The zero-order chi connectivity index (χ0) is 23.3. The van der Waals surface area contributed by atoms with Crippen molar-refractivity contribution in [2.45, 2.75) is 12.7 Å². The van der Waals surface area contributed by atoms with Gasteiger partial charge in [-0.05, 0) is 35.9 Å². The van der Waals surface area contributed by atoms with Gasteiger partial charge in [-0.1, -0.05) is 18.2 Å². The highest BCUT2D eigenvalue weighted by Gasteiger charge is 2.35. The van der Waals surface area contributed by atoms with E-state index >= 15 is 0 Å². The Balaban J connectivity index is 1.70. The van der Waals surface area contributed by atoms with Gasteiger partial charge < -0.3 is 24.1 Å². The van der Waals surface area contributed by atoms with Crippen LogP contribution in [0.4, 0.5) is 13.2 Å². The van der Waals surface area contributed by atoms with Crippen LogP contribution >= 0.6 is 0 Å². The van der Waals surface area contributed by atoms with Crippen LogP contribution in [-0.2, 0) is 17.5 Å². The minimum Gasteiger partial charge on any atom is -0.493 e. The summed E-state index contributed by atoms with van der Waals surface area (Å²) in [5.41, 5.74) is 0.341. The van der Waals surface area contributed by atoms with Gasteiger partial charge in [0.15, 0.2) is 11.5 Å². The number of rotatable bonds is 8. The molecule has 0 aliphatic carbocycles. The Labute approximate surface area is 183 Å². The number of nitrogens with one attached hydrogen (secondary N) is 1. The summed E-state index contributed by atoms with van der Waals surface area (Å²) >= 11 is 0. The Morgan fingerprint density at radius 3 is 2.28 bits per heavy atom. The first-order chi connectivity index (χ1) is 15.3. The van der Waals surface area contributed by atoms with E-state index in [1.54, 1.807) is 42.5 Å². The SMILES string of the molecule is COc1cc(/C=C\C(=O)NCCn2c(C(F)(F)F)cc3ccccc32)cc(OC)c1OC. The molecule has 6 nitrogen and oxygen atoms in total. The fraction of sp³-hybridized carbons (Fsp3) is 0.261. The fourth-order valence-corrected chi connectivity index (χ4v) is 3.41. The van der Waals surface area contributed by atoms with Crippen molar-refractivity contribution in [2.24, 2.45) is 0 Å². The van der Waals surface area contributed by atoms with Crippen molar-refractivity contribution in [1.82, 2.24) is 9.88 Å². The molecule has 0 saturated heterocycles. The minimum atomic E-state index is -4.49. The molecule has 0 atom stereocenters. The molecule has 0 fully saturated rings. The van der Waals surface area contributed by atoms with E-state index in [4.69, 9.17) is 14.2 Å². The Hall–Kier alpha value is -3.62. The van der Waals surface area contributed by atoms with E-state index in [-0.39, 0.29) is 13.1 Å². The summed E-state index contributed by atoms with van der Waals surface area (Å²) in [6.07, 6.45) is -1.65. The number of ether oxygens (including phenoxy) is 3. The largest absolute Gasteiger partial charge is 0.493 e. The van der Waals surface area contributed by atoms with E-state index in [0.29, 0.717) is 33.7 Å². The van der Waals surface area contributed by atoms with Crippen LogP contribution in [0.5, 0.6) is 17.2 Å². The van der Waals surface area contributed by atoms with Crippen molar-refractivity contribution in [3.05, 3.63) is 59.8 Å². The molecule has 32 heavy (non-hydrogen) atoms. The molecular formula is C23H23F3N2O4. The number of fused-ring (bicyclic) bond motifs is 1. The number of para-hydroxylation sites is 1. The summed E-state index contributed by atoms with van der Waals surface area (Å²) in [4.78, 5) is 12.2. The molecule has 1 amide bonds. The van der Waals surface area contributed by atoms with Crippen LogP contribution in [0.25, 0.3) is 17.0 Å². The molecule has 9 heteroatoms. The molecule has 1 heterocycles. The molecule has 170 valence electrons. The average Bonchev–Trinajstić information content (AvgIpc) is 3.16. The third kappa shape index (κ3) is 4.99. The van der Waals surface area contributed by atoms with Gasteiger partial charge in [-0.2, -0.15) is 13.2 Å². The van der Waals surface area contributed by atoms with Crippen molar-refractivity contribution in [3.63, 3.8) is 0 Å². The molecule has 1 N–H and O–H groups in total. The summed E-state index contributed by atoms with van der Waals surface area (Å²) in [7, 11) is 4.46. The lowest BCUT2D eigenvalue weighted by atomic mass is 10.1. The second-order valence-electron chi connectivity index (χ2n) is 6.82. The molecular weight excluding hydrogens is 425 g/mol. The lowest BCUT2D eigenvalue weighted by Gasteiger charge is -2.13. The molecule has 0 saturated carbocycles. The lowest BCUT2D eigenvalue weighted by Crippen LogP contribution is -2.26. The van der Waals surface area contributed by atoms with E-state index in [9.17, 15) is 18.0 Å². The number of hydrogen-bond acceptors (Lipinski definition) is 4. The third-order valence-electron chi connectivity index (χ3n) is 4.85. The first-order valence-electron chi connectivity index (χ1n) is 9.70. The van der Waals surface area contributed by atoms with Crippen LogP contribution < -0.4 is 19.5 Å². The zero-order valence-electron chi connectivity index (χ0n) is 17.8. The molecule has 0 bridgehead atoms. The molecule has 0 spiro atoms. The van der Waals surface area contributed by atoms with Crippen LogP contribution in [0.2, 0.25) is 0 Å². The summed E-state index contributed by atoms with van der Waals surface area (Å²) < 4.78 is 57.2. The molecule has 0 aliphatic heterocycles. The van der Waals surface area contributed by atoms with Gasteiger partial charge in [0, 0.05) is 30.1 Å². The molecule has 3 rings (SSSR count). The van der Waals surface area contributed by atoms with E-state index in [1.165, 1.54) is 32.0 Å². The zero-order valence-corrected chi connectivity index (χ0v) is 17.8. The molecule has 0 unspecified atom stereocenters. The maximum absolute atomic E-state index is 13.4. The van der Waals surface area contributed by atoms with Crippen LogP contribution in [0.1, 0.15) is 11.3 Å². The highest BCUT2D eigenvalue weighted by Crippen LogP contribution is 2.38. The molecule has 3 aromatic rings. The second kappa shape index (κ2) is 9.67. The van der Waals surface area contributed by atoms with E-state index < -0.39 is 17.8 Å². The van der Waals surface area contributed by atoms with Crippen LogP contribution in [0.3, 0.4) is 0 Å². The molecule has 2 aromatic carbocycles. The summed E-state index contributed by atoms with van der Waals surface area (Å²) in [5.74, 6) is 0.858. The van der Waals surface area contributed by atoms with E-state index in [2.05, 4.69) is 5.32 Å². The monoisotopic (exact) mass is 448 g/mol. The number of hydrogen-bond donors (Lipinski definition) is 1. The van der Waals surface area contributed by atoms with Crippen molar-refractivity contribution in [3.8, 4) is 17.2 Å². The highest BCUT2D eigenvalue weighted by atomic mass is 19.4. The molecule has 0 aliphatic rings. The number of benzene rings is 2. The van der Waals surface area contributed by atoms with Gasteiger partial charge in [0.1, 0.15) is 5.69 Å². The normalized spacial score (nSPS) is 11.7. The number of methoxy groups -OCH3 is 3. The first kappa shape index (κ1) is 23.1. The molecule has 0 radical (unpaired) electrons. The van der Waals surface area contributed by atoms with Crippen LogP contribution in [0, 0.1) is 0 Å². The minimum absolute atomic E-state index is 0.0217. The molecule has 1 aromatic heterocycles. The fourth-order valence-electron chi connectivity index (χ4n) is 3.41. The van der Waals surface area contributed by atoms with Gasteiger partial charge in [-0.15, -0.1) is 0 Å². The van der Waals surface area contributed by atoms with Crippen molar-refractivity contribution in [2.75, 3.05) is 27.9 Å². The Bertz CT molecular complexity index is 1110. The van der Waals surface area contributed by atoms with Gasteiger partial charge in [-0.3, -0.25) is 4.79 Å². The van der Waals surface area contributed by atoms with Gasteiger partial charge in [0.2, 0.25) is 11.7 Å². The number of amides is 1. The quantitative estimate of drug-likeness (QED) is 0.515. The number of nitrogens with zero attached hydrogens (tertiary/aromatic N) is 1. The van der Waals surface area contributed by atoms with Crippen LogP contribution in [0.15, 0.2) is 48.5 Å². The maximum atomic E-state index is 13.4. The highest BCUT2D eigenvalue weighted by molar-refractivity contribution is 5.92. The van der Waals surface area contributed by atoms with Crippen molar-refractivity contribution >= 4 is 22.9 Å². The maximum Gasteiger partial charge on any atom is 0.431 e. The predicted octanol–water partition coefficient (Wildman–Crippen LogP) is 4.52. The first-order valence-corrected chi connectivity index (χ1v) is 9.70. The second-order valence-corrected chi connectivity index (χ2v) is 6.82. The van der Waals surface area contributed by atoms with E-state index in [1.807, 2.05) is 0 Å². The van der Waals surface area contributed by atoms with Gasteiger partial charge in [0.05, 0.1) is 21.3 Å².